The Kier molecular flexibility index (Phi) is 5.37. The fraction of sp³-hybridized carbons (Fsp3) is 0.273. The van der Waals surface area contributed by atoms with Crippen molar-refractivity contribution in [2.75, 3.05) is 13.1 Å². The fourth-order valence-corrected chi connectivity index (χ4v) is 3.33. The van der Waals surface area contributed by atoms with Crippen LogP contribution < -0.4 is 4.74 Å². The van der Waals surface area contributed by atoms with Crippen molar-refractivity contribution in [2.24, 2.45) is 0 Å². The molecule has 1 aromatic heterocycles. The molecule has 1 amide bonds. The molecule has 28 heavy (non-hydrogen) atoms. The third kappa shape index (κ3) is 4.06. The van der Waals surface area contributed by atoms with Gasteiger partial charge in [0.05, 0.1) is 6.54 Å². The molecule has 0 saturated carbocycles. The highest BCUT2D eigenvalue weighted by molar-refractivity contribution is 5.84. The van der Waals surface area contributed by atoms with Gasteiger partial charge in [-0.3, -0.25) is 4.98 Å². The summed E-state index contributed by atoms with van der Waals surface area (Å²) >= 11 is 0. The van der Waals surface area contributed by atoms with E-state index in [0.29, 0.717) is 24.2 Å². The smallest absolute Gasteiger partial charge is 0.410 e. The van der Waals surface area contributed by atoms with E-state index in [2.05, 4.69) is 4.98 Å². The quantitative estimate of drug-likeness (QED) is 0.675. The average Bonchev–Trinajstić information content (AvgIpc) is 2.74. The molecule has 0 spiro atoms. The molecule has 0 N–H and O–H groups in total. The maximum Gasteiger partial charge on any atom is 0.410 e. The number of aromatic nitrogens is 1. The van der Waals surface area contributed by atoms with Crippen LogP contribution in [-0.4, -0.2) is 41.3 Å². The Morgan fingerprint density at radius 3 is 2.75 bits per heavy atom. The van der Waals surface area contributed by atoms with E-state index in [1.165, 1.54) is 4.90 Å². The summed E-state index contributed by atoms with van der Waals surface area (Å²) in [6.45, 7) is 0.516. The molecule has 0 bridgehead atoms. The highest BCUT2D eigenvalue weighted by Gasteiger charge is 2.34. The molecule has 0 radical (unpaired) electrons. The van der Waals surface area contributed by atoms with Crippen molar-refractivity contribution in [1.29, 1.82) is 0 Å². The minimum atomic E-state index is -1.29. The Bertz CT molecular complexity index is 945. The molecule has 1 fully saturated rings. The van der Waals surface area contributed by atoms with Gasteiger partial charge in [0, 0.05) is 24.5 Å². The van der Waals surface area contributed by atoms with E-state index >= 15 is 0 Å². The largest absolute Gasteiger partial charge is 0.485 e. The minimum absolute atomic E-state index is 0.0452. The van der Waals surface area contributed by atoms with Gasteiger partial charge in [-0.2, -0.15) is 0 Å². The van der Waals surface area contributed by atoms with Crippen molar-refractivity contribution in [3.8, 4) is 5.75 Å². The van der Waals surface area contributed by atoms with Crippen LogP contribution in [0.25, 0.3) is 10.9 Å². The van der Waals surface area contributed by atoms with Gasteiger partial charge in [0.25, 0.3) is 0 Å². The standard InChI is InChI=1S/C22H21FN2O3/c23-18-14-25(22(26)27-15-16-6-2-1-3-7-16)13-11-19(18)28-20-10-4-8-17-9-5-12-24-21(17)20/h1-10,12,18-19H,11,13-15H2/t18-,19-/m1/s1. The Balaban J connectivity index is 1.35. The van der Waals surface area contributed by atoms with Crippen LogP contribution in [0.4, 0.5) is 9.18 Å². The molecule has 1 aliphatic heterocycles. The summed E-state index contributed by atoms with van der Waals surface area (Å²) in [4.78, 5) is 18.0. The molecule has 1 saturated heterocycles. The van der Waals surface area contributed by atoms with Crippen molar-refractivity contribution >= 4 is 17.0 Å². The highest BCUT2D eigenvalue weighted by atomic mass is 19.1. The predicted molar refractivity (Wildman–Crippen MR) is 104 cm³/mol. The van der Waals surface area contributed by atoms with Crippen LogP contribution in [0.2, 0.25) is 0 Å². The molecule has 5 nitrogen and oxygen atoms in total. The van der Waals surface area contributed by atoms with Crippen molar-refractivity contribution < 1.29 is 18.7 Å². The van der Waals surface area contributed by atoms with E-state index in [1.807, 2.05) is 54.6 Å². The number of carbonyl (C=O) groups excluding carboxylic acids is 1. The number of fused-ring (bicyclic) bond motifs is 1. The number of carbonyl (C=O) groups is 1. The van der Waals surface area contributed by atoms with Crippen molar-refractivity contribution in [2.45, 2.75) is 25.3 Å². The second-order valence-electron chi connectivity index (χ2n) is 6.78. The number of piperidine rings is 1. The molecule has 0 unspecified atom stereocenters. The third-order valence-corrected chi connectivity index (χ3v) is 4.82. The van der Waals surface area contributed by atoms with Gasteiger partial charge in [-0.15, -0.1) is 0 Å². The molecule has 2 aromatic carbocycles. The van der Waals surface area contributed by atoms with Gasteiger partial charge >= 0.3 is 6.09 Å². The molecule has 3 aromatic rings. The first-order chi connectivity index (χ1) is 13.7. The summed E-state index contributed by atoms with van der Waals surface area (Å²) in [7, 11) is 0. The normalized spacial score (nSPS) is 19.4. The van der Waals surface area contributed by atoms with Gasteiger partial charge in [-0.1, -0.05) is 48.5 Å². The predicted octanol–water partition coefficient (Wildman–Crippen LogP) is 4.36. The zero-order valence-electron chi connectivity index (χ0n) is 15.3. The van der Waals surface area contributed by atoms with Crippen LogP contribution >= 0.6 is 0 Å². The number of halogens is 1. The zero-order chi connectivity index (χ0) is 19.3. The highest BCUT2D eigenvalue weighted by Crippen LogP contribution is 2.27. The molecule has 2 atom stereocenters. The number of para-hydroxylation sites is 1. The van der Waals surface area contributed by atoms with Crippen LogP contribution in [0.1, 0.15) is 12.0 Å². The van der Waals surface area contributed by atoms with Crippen molar-refractivity contribution in [3.05, 3.63) is 72.4 Å². The first kappa shape index (κ1) is 18.2. The van der Waals surface area contributed by atoms with Gasteiger partial charge < -0.3 is 14.4 Å². The average molecular weight is 380 g/mol. The molecule has 2 heterocycles. The van der Waals surface area contributed by atoms with E-state index < -0.39 is 18.4 Å². The molecule has 144 valence electrons. The van der Waals surface area contributed by atoms with Gasteiger partial charge in [-0.05, 0) is 17.7 Å². The van der Waals surface area contributed by atoms with Gasteiger partial charge in [-0.25, -0.2) is 9.18 Å². The number of rotatable bonds is 4. The number of nitrogens with zero attached hydrogens (tertiary/aromatic N) is 2. The minimum Gasteiger partial charge on any atom is -0.485 e. The lowest BCUT2D eigenvalue weighted by Crippen LogP contribution is -2.49. The monoisotopic (exact) mass is 380 g/mol. The lowest BCUT2D eigenvalue weighted by Gasteiger charge is -2.34. The summed E-state index contributed by atoms with van der Waals surface area (Å²) < 4.78 is 25.9. The summed E-state index contributed by atoms with van der Waals surface area (Å²) in [5.41, 5.74) is 1.61. The number of hydrogen-bond acceptors (Lipinski definition) is 4. The number of hydrogen-bond donors (Lipinski definition) is 0. The second kappa shape index (κ2) is 8.25. The first-order valence-corrected chi connectivity index (χ1v) is 9.31. The second-order valence-corrected chi connectivity index (χ2v) is 6.78. The number of benzene rings is 2. The Hall–Kier alpha value is -3.15. The lowest BCUT2D eigenvalue weighted by atomic mass is 10.1. The van der Waals surface area contributed by atoms with Crippen LogP contribution in [0.15, 0.2) is 66.9 Å². The number of amides is 1. The van der Waals surface area contributed by atoms with Crippen LogP contribution in [0.3, 0.4) is 0 Å². The summed E-state index contributed by atoms with van der Waals surface area (Å²) in [6, 6.07) is 18.8. The van der Waals surface area contributed by atoms with Gasteiger partial charge in [0.15, 0.2) is 6.17 Å². The van der Waals surface area contributed by atoms with E-state index in [1.54, 1.807) is 12.3 Å². The Morgan fingerprint density at radius 2 is 1.93 bits per heavy atom. The SMILES string of the molecule is O=C(OCc1ccccc1)N1CC[C@@H](Oc2cccc3cccnc23)[C@H](F)C1. The molecular weight excluding hydrogens is 359 g/mol. The molecule has 0 aliphatic carbocycles. The third-order valence-electron chi connectivity index (χ3n) is 4.82. The van der Waals surface area contributed by atoms with Gasteiger partial charge in [0.1, 0.15) is 24.0 Å². The van der Waals surface area contributed by atoms with E-state index in [0.717, 1.165) is 10.9 Å². The zero-order valence-corrected chi connectivity index (χ0v) is 15.3. The van der Waals surface area contributed by atoms with Crippen molar-refractivity contribution in [3.63, 3.8) is 0 Å². The van der Waals surface area contributed by atoms with E-state index in [-0.39, 0.29) is 13.2 Å². The Labute approximate surface area is 162 Å². The maximum absolute atomic E-state index is 14.7. The molecule has 6 heteroatoms. The molecular formula is C22H21FN2O3. The molecule has 4 rings (SSSR count). The number of alkyl halides is 1. The van der Waals surface area contributed by atoms with Crippen LogP contribution in [0.5, 0.6) is 5.75 Å². The number of ether oxygens (including phenoxy) is 2. The fourth-order valence-electron chi connectivity index (χ4n) is 3.33. The maximum atomic E-state index is 14.7. The first-order valence-electron chi connectivity index (χ1n) is 9.31. The Morgan fingerprint density at radius 1 is 1.11 bits per heavy atom. The summed E-state index contributed by atoms with van der Waals surface area (Å²) in [5.74, 6) is 0.561. The van der Waals surface area contributed by atoms with Crippen LogP contribution in [0, 0.1) is 0 Å². The van der Waals surface area contributed by atoms with E-state index in [9.17, 15) is 9.18 Å². The van der Waals surface area contributed by atoms with Crippen molar-refractivity contribution in [1.82, 2.24) is 9.88 Å². The summed E-state index contributed by atoms with van der Waals surface area (Å²) in [6.07, 6.45) is -0.335. The van der Waals surface area contributed by atoms with Gasteiger partial charge in [0.2, 0.25) is 0 Å². The lowest BCUT2D eigenvalue weighted by molar-refractivity contribution is 0.0153. The molecule has 1 aliphatic rings. The number of likely N-dealkylation sites (tertiary alicyclic amines) is 1. The van der Waals surface area contributed by atoms with E-state index in [4.69, 9.17) is 9.47 Å². The topological polar surface area (TPSA) is 51.7 Å². The van der Waals surface area contributed by atoms with Crippen LogP contribution in [-0.2, 0) is 11.3 Å². The summed E-state index contributed by atoms with van der Waals surface area (Å²) in [5, 5.41) is 0.942. The number of pyridine rings is 1.